The SMILES string of the molecule is O=C(c1cncc(Oc2ccc(F)cc2)c1)N1CCCN(C2CCC2)CC1. The third kappa shape index (κ3) is 4.27. The molecule has 1 aromatic carbocycles. The van der Waals surface area contributed by atoms with Crippen molar-refractivity contribution >= 4 is 5.91 Å². The van der Waals surface area contributed by atoms with Gasteiger partial charge in [0.15, 0.2) is 0 Å². The number of hydrogen-bond acceptors (Lipinski definition) is 4. The molecule has 0 unspecified atom stereocenters. The third-order valence-electron chi connectivity index (χ3n) is 5.42. The van der Waals surface area contributed by atoms with Crippen LogP contribution in [-0.4, -0.2) is 52.9 Å². The van der Waals surface area contributed by atoms with Crippen LogP contribution in [-0.2, 0) is 0 Å². The highest BCUT2D eigenvalue weighted by Crippen LogP contribution is 2.26. The minimum Gasteiger partial charge on any atom is -0.456 e. The maximum atomic E-state index is 13.0. The van der Waals surface area contributed by atoms with Crippen LogP contribution in [0.25, 0.3) is 0 Å². The smallest absolute Gasteiger partial charge is 0.255 e. The molecular weight excluding hydrogens is 345 g/mol. The molecule has 2 heterocycles. The van der Waals surface area contributed by atoms with Gasteiger partial charge in [0.1, 0.15) is 17.3 Å². The fraction of sp³-hybridized carbons (Fsp3) is 0.429. The van der Waals surface area contributed by atoms with Gasteiger partial charge in [-0.25, -0.2) is 4.39 Å². The summed E-state index contributed by atoms with van der Waals surface area (Å²) in [6.45, 7) is 3.53. The molecule has 6 heteroatoms. The van der Waals surface area contributed by atoms with E-state index in [0.29, 0.717) is 23.1 Å². The Balaban J connectivity index is 1.41. The second kappa shape index (κ2) is 8.05. The Morgan fingerprint density at radius 2 is 1.81 bits per heavy atom. The molecule has 27 heavy (non-hydrogen) atoms. The summed E-state index contributed by atoms with van der Waals surface area (Å²) in [6, 6.07) is 8.19. The summed E-state index contributed by atoms with van der Waals surface area (Å²) >= 11 is 0. The minimum absolute atomic E-state index is 0.0116. The quantitative estimate of drug-likeness (QED) is 0.824. The lowest BCUT2D eigenvalue weighted by atomic mass is 9.91. The summed E-state index contributed by atoms with van der Waals surface area (Å²) in [4.78, 5) is 21.5. The lowest BCUT2D eigenvalue weighted by Gasteiger charge is -2.36. The van der Waals surface area contributed by atoms with Crippen molar-refractivity contribution in [1.29, 1.82) is 0 Å². The first-order chi connectivity index (χ1) is 13.2. The molecule has 2 fully saturated rings. The molecular formula is C21H24FN3O2. The zero-order chi connectivity index (χ0) is 18.6. The Bertz CT molecular complexity index is 792. The maximum Gasteiger partial charge on any atom is 0.255 e. The van der Waals surface area contributed by atoms with Gasteiger partial charge in [-0.15, -0.1) is 0 Å². The van der Waals surface area contributed by atoms with E-state index in [1.54, 1.807) is 30.6 Å². The van der Waals surface area contributed by atoms with E-state index in [4.69, 9.17) is 4.74 Å². The number of carbonyl (C=O) groups excluding carboxylic acids is 1. The van der Waals surface area contributed by atoms with E-state index < -0.39 is 0 Å². The maximum absolute atomic E-state index is 13.0. The molecule has 2 aliphatic rings. The Kier molecular flexibility index (Phi) is 5.34. The number of hydrogen-bond donors (Lipinski definition) is 0. The number of rotatable bonds is 4. The molecule has 1 aromatic heterocycles. The number of benzene rings is 1. The number of ether oxygens (including phenoxy) is 1. The van der Waals surface area contributed by atoms with Crippen LogP contribution in [0, 0.1) is 5.82 Å². The highest BCUT2D eigenvalue weighted by atomic mass is 19.1. The zero-order valence-electron chi connectivity index (χ0n) is 15.3. The minimum atomic E-state index is -0.318. The Morgan fingerprint density at radius 1 is 1.00 bits per heavy atom. The number of pyridine rings is 1. The van der Waals surface area contributed by atoms with Crippen LogP contribution in [0.2, 0.25) is 0 Å². The Hall–Kier alpha value is -2.47. The molecule has 4 rings (SSSR count). The molecule has 0 bridgehead atoms. The van der Waals surface area contributed by atoms with Crippen molar-refractivity contribution in [3.63, 3.8) is 0 Å². The first-order valence-electron chi connectivity index (χ1n) is 9.61. The topological polar surface area (TPSA) is 45.7 Å². The van der Waals surface area contributed by atoms with Gasteiger partial charge in [-0.05, 0) is 49.6 Å². The molecule has 1 aliphatic carbocycles. The second-order valence-corrected chi connectivity index (χ2v) is 7.23. The monoisotopic (exact) mass is 369 g/mol. The van der Waals surface area contributed by atoms with Crippen molar-refractivity contribution < 1.29 is 13.9 Å². The van der Waals surface area contributed by atoms with E-state index in [2.05, 4.69) is 9.88 Å². The van der Waals surface area contributed by atoms with Gasteiger partial charge in [0.25, 0.3) is 5.91 Å². The van der Waals surface area contributed by atoms with E-state index in [9.17, 15) is 9.18 Å². The molecule has 1 aliphatic heterocycles. The Morgan fingerprint density at radius 3 is 2.56 bits per heavy atom. The number of aromatic nitrogens is 1. The van der Waals surface area contributed by atoms with E-state index in [1.807, 2.05) is 4.90 Å². The van der Waals surface area contributed by atoms with Crippen molar-refractivity contribution in [2.24, 2.45) is 0 Å². The molecule has 0 spiro atoms. The van der Waals surface area contributed by atoms with Crippen LogP contribution < -0.4 is 4.74 Å². The first-order valence-corrected chi connectivity index (χ1v) is 9.61. The molecule has 142 valence electrons. The largest absolute Gasteiger partial charge is 0.456 e. The fourth-order valence-corrected chi connectivity index (χ4v) is 3.67. The van der Waals surface area contributed by atoms with Crippen LogP contribution in [0.15, 0.2) is 42.7 Å². The third-order valence-corrected chi connectivity index (χ3v) is 5.42. The average molecular weight is 369 g/mol. The summed E-state index contributed by atoms with van der Waals surface area (Å²) in [5.41, 5.74) is 0.520. The lowest BCUT2D eigenvalue weighted by molar-refractivity contribution is 0.0749. The van der Waals surface area contributed by atoms with Crippen LogP contribution in [0.3, 0.4) is 0 Å². The molecule has 1 saturated carbocycles. The van der Waals surface area contributed by atoms with Gasteiger partial charge in [0, 0.05) is 38.4 Å². The van der Waals surface area contributed by atoms with E-state index in [1.165, 1.54) is 31.4 Å². The van der Waals surface area contributed by atoms with Crippen LogP contribution in [0.5, 0.6) is 11.5 Å². The van der Waals surface area contributed by atoms with E-state index >= 15 is 0 Å². The predicted molar refractivity (Wildman–Crippen MR) is 100 cm³/mol. The van der Waals surface area contributed by atoms with Crippen LogP contribution >= 0.6 is 0 Å². The molecule has 1 saturated heterocycles. The normalized spacial score (nSPS) is 18.6. The van der Waals surface area contributed by atoms with Gasteiger partial charge in [0.05, 0.1) is 11.8 Å². The summed E-state index contributed by atoms with van der Waals surface area (Å²) in [5.74, 6) is 0.649. The first kappa shape index (κ1) is 17.9. The second-order valence-electron chi connectivity index (χ2n) is 7.23. The zero-order valence-corrected chi connectivity index (χ0v) is 15.3. The molecule has 1 amide bonds. The van der Waals surface area contributed by atoms with Gasteiger partial charge in [-0.1, -0.05) is 6.42 Å². The molecule has 0 radical (unpaired) electrons. The Labute approximate surface area is 158 Å². The number of carbonyl (C=O) groups is 1. The van der Waals surface area contributed by atoms with Crippen LogP contribution in [0.1, 0.15) is 36.0 Å². The summed E-state index contributed by atoms with van der Waals surface area (Å²) < 4.78 is 18.7. The fourth-order valence-electron chi connectivity index (χ4n) is 3.67. The summed E-state index contributed by atoms with van der Waals surface area (Å²) in [6.07, 6.45) is 8.05. The molecule has 0 atom stereocenters. The predicted octanol–water partition coefficient (Wildman–Crippen LogP) is 3.71. The van der Waals surface area contributed by atoms with E-state index in [-0.39, 0.29) is 11.7 Å². The van der Waals surface area contributed by atoms with Gasteiger partial charge in [0.2, 0.25) is 0 Å². The van der Waals surface area contributed by atoms with E-state index in [0.717, 1.165) is 32.6 Å². The molecule has 5 nitrogen and oxygen atoms in total. The molecule has 0 N–H and O–H groups in total. The van der Waals surface area contributed by atoms with Crippen molar-refractivity contribution in [3.8, 4) is 11.5 Å². The van der Waals surface area contributed by atoms with Crippen molar-refractivity contribution in [3.05, 3.63) is 54.1 Å². The van der Waals surface area contributed by atoms with Gasteiger partial charge >= 0.3 is 0 Å². The van der Waals surface area contributed by atoms with Gasteiger partial charge < -0.3 is 9.64 Å². The van der Waals surface area contributed by atoms with Gasteiger partial charge in [-0.3, -0.25) is 14.7 Å². The van der Waals surface area contributed by atoms with Crippen molar-refractivity contribution in [2.75, 3.05) is 26.2 Å². The number of halogens is 1. The standard InChI is InChI=1S/C21H24FN3O2/c22-17-5-7-19(8-6-17)27-20-13-16(14-23-15-20)21(26)25-10-2-9-24(11-12-25)18-3-1-4-18/h5-8,13-15,18H,1-4,9-12H2. The number of nitrogens with zero attached hydrogens (tertiary/aromatic N) is 3. The van der Waals surface area contributed by atoms with Crippen LogP contribution in [0.4, 0.5) is 4.39 Å². The summed E-state index contributed by atoms with van der Waals surface area (Å²) in [5, 5.41) is 0. The molecule has 2 aromatic rings. The lowest BCUT2D eigenvalue weighted by Crippen LogP contribution is -2.42. The highest BCUT2D eigenvalue weighted by molar-refractivity contribution is 5.94. The van der Waals surface area contributed by atoms with Crippen molar-refractivity contribution in [2.45, 2.75) is 31.7 Å². The van der Waals surface area contributed by atoms with Gasteiger partial charge in [-0.2, -0.15) is 0 Å². The summed E-state index contributed by atoms with van der Waals surface area (Å²) in [7, 11) is 0. The van der Waals surface area contributed by atoms with Crippen molar-refractivity contribution in [1.82, 2.24) is 14.8 Å². The highest BCUT2D eigenvalue weighted by Gasteiger charge is 2.28. The number of amides is 1. The average Bonchev–Trinajstić information content (AvgIpc) is 2.88.